The van der Waals surface area contributed by atoms with Crippen LogP contribution in [0.3, 0.4) is 0 Å². The van der Waals surface area contributed by atoms with Gasteiger partial charge in [0.05, 0.1) is 55.7 Å². The summed E-state index contributed by atoms with van der Waals surface area (Å²) in [6, 6.07) is 60.4. The number of para-hydroxylation sites is 4. The average Bonchev–Trinajstić information content (AvgIpc) is 3.97. The lowest BCUT2D eigenvalue weighted by atomic mass is 9.86. The second-order valence-electron chi connectivity index (χ2n) is 16.1. The second kappa shape index (κ2) is 13.2. The summed E-state index contributed by atoms with van der Waals surface area (Å²) in [5, 5.41) is 51.4. The molecule has 1 aliphatic carbocycles. The molecule has 0 spiro atoms. The summed E-state index contributed by atoms with van der Waals surface area (Å²) in [6.07, 6.45) is 0. The number of pyridine rings is 2. The highest BCUT2D eigenvalue weighted by atomic mass is 16.3. The van der Waals surface area contributed by atoms with Crippen molar-refractivity contribution in [1.82, 2.24) is 28.2 Å². The molecule has 13 rings (SSSR count). The third-order valence-electron chi connectivity index (χ3n) is 12.7. The lowest BCUT2D eigenvalue weighted by molar-refractivity contribution is 0.396. The van der Waals surface area contributed by atoms with Crippen molar-refractivity contribution in [3.8, 4) is 91.3 Å². The predicted octanol–water partition coefficient (Wildman–Crippen LogP) is 12.1. The fraction of sp³-hybridized carbons (Fsp3) is 0. The van der Waals surface area contributed by atoms with Gasteiger partial charge < -0.3 is 29.6 Å². The Morgan fingerprint density at radius 2 is 0.688 bits per heavy atom. The van der Waals surface area contributed by atoms with Crippen LogP contribution in [0.15, 0.2) is 182 Å². The Bertz CT molecular complexity index is 3790. The number of fused-ring (bicyclic) bond motifs is 10. The molecule has 10 heteroatoms. The van der Waals surface area contributed by atoms with Crippen molar-refractivity contribution >= 4 is 43.6 Å². The Balaban J connectivity index is 0.836. The molecule has 0 unspecified atom stereocenters. The number of hydrogen-bond donors (Lipinski definition) is 4. The lowest BCUT2D eigenvalue weighted by Gasteiger charge is -2.14. The maximum absolute atomic E-state index is 11.7. The van der Waals surface area contributed by atoms with Gasteiger partial charge in [-0.05, 0) is 78.9 Å². The normalized spacial score (nSPS) is 12.0. The van der Waals surface area contributed by atoms with Crippen LogP contribution in [0, 0.1) is 0 Å². The first kappa shape index (κ1) is 35.7. The van der Waals surface area contributed by atoms with E-state index in [9.17, 15) is 20.4 Å². The Hall–Kier alpha value is -9.02. The minimum absolute atomic E-state index is 0.207. The van der Waals surface area contributed by atoms with Gasteiger partial charge in [0.25, 0.3) is 0 Å². The molecule has 6 aromatic carbocycles. The molecule has 6 heterocycles. The fourth-order valence-corrected chi connectivity index (χ4v) is 9.80. The van der Waals surface area contributed by atoms with Crippen molar-refractivity contribution in [3.63, 3.8) is 0 Å². The molecule has 0 radical (unpaired) electrons. The molecule has 0 saturated heterocycles. The van der Waals surface area contributed by atoms with E-state index in [2.05, 4.69) is 94.1 Å². The molecule has 0 amide bonds. The fourth-order valence-electron chi connectivity index (χ4n) is 9.80. The second-order valence-corrected chi connectivity index (χ2v) is 16.1. The highest BCUT2D eigenvalue weighted by Crippen LogP contribution is 2.65. The molecule has 10 nitrogen and oxygen atoms in total. The van der Waals surface area contributed by atoms with Gasteiger partial charge in [0.2, 0.25) is 23.5 Å². The SMILES string of the molecule is Oc1c2c(c(O)n1-c1cccc(-c3ccc(-n4c5ccccc5c5ccccc54)cc3)n1)-c1c-2c(O)n(-c2cccc(-c3ccc4c(c3)c3ccccc3n4-c3ccccc3)n2)c1O. The van der Waals surface area contributed by atoms with E-state index >= 15 is 0 Å². The van der Waals surface area contributed by atoms with Crippen LogP contribution in [0.25, 0.3) is 111 Å². The average molecular weight is 831 g/mol. The molecule has 12 aromatic rings. The highest BCUT2D eigenvalue weighted by Gasteiger charge is 2.44. The van der Waals surface area contributed by atoms with Crippen LogP contribution in [-0.4, -0.2) is 48.7 Å². The number of benzene rings is 6. The van der Waals surface area contributed by atoms with E-state index in [1.807, 2.05) is 84.9 Å². The van der Waals surface area contributed by atoms with Gasteiger partial charge >= 0.3 is 0 Å². The molecule has 4 N–H and O–H groups in total. The van der Waals surface area contributed by atoms with Crippen molar-refractivity contribution in [1.29, 1.82) is 0 Å². The number of aromatic hydroxyl groups is 4. The standard InChI is InChI=1S/C54H34N6O4/c61-51-47-48(52(62)59(51)45-22-10-17-39(55-45)31-24-27-34(28-25-31)58-41-19-7-4-14-35(41)36-15-5-8-20-42(36)58)50-49(47)53(63)60(54(50)64)46-23-11-18-40(56-46)32-26-29-44-38(30-32)37-16-6-9-21-43(37)57(44)33-12-2-1-3-13-33/h1-30,61-64H. The monoisotopic (exact) mass is 830 g/mol. The summed E-state index contributed by atoms with van der Waals surface area (Å²) in [5.41, 5.74) is 10.2. The minimum Gasteiger partial charge on any atom is -0.494 e. The molecule has 304 valence electrons. The molecule has 64 heavy (non-hydrogen) atoms. The van der Waals surface area contributed by atoms with Gasteiger partial charge in [-0.1, -0.05) is 103 Å². The highest BCUT2D eigenvalue weighted by molar-refractivity contribution is 6.13. The van der Waals surface area contributed by atoms with Crippen molar-refractivity contribution < 1.29 is 20.4 Å². The third-order valence-corrected chi connectivity index (χ3v) is 12.7. The van der Waals surface area contributed by atoms with Crippen LogP contribution in [0.2, 0.25) is 0 Å². The van der Waals surface area contributed by atoms with Gasteiger partial charge in [-0.2, -0.15) is 0 Å². The molecule has 0 atom stereocenters. The smallest absolute Gasteiger partial charge is 0.208 e. The van der Waals surface area contributed by atoms with Gasteiger partial charge in [0.1, 0.15) is 11.6 Å². The molecule has 0 bridgehead atoms. The summed E-state index contributed by atoms with van der Waals surface area (Å²) in [5.74, 6) is -0.733. The van der Waals surface area contributed by atoms with Crippen molar-refractivity contribution in [3.05, 3.63) is 182 Å². The van der Waals surface area contributed by atoms with E-state index in [0.717, 1.165) is 55.3 Å². The van der Waals surface area contributed by atoms with Gasteiger partial charge in [0.15, 0.2) is 0 Å². The number of nitrogens with zero attached hydrogens (tertiary/aromatic N) is 6. The summed E-state index contributed by atoms with van der Waals surface area (Å²) in [6.45, 7) is 0. The van der Waals surface area contributed by atoms with E-state index in [0.29, 0.717) is 11.4 Å². The van der Waals surface area contributed by atoms with Crippen LogP contribution in [0.1, 0.15) is 0 Å². The molecule has 1 aliphatic rings. The molecular formula is C54H34N6O4. The zero-order chi connectivity index (χ0) is 42.8. The largest absolute Gasteiger partial charge is 0.494 e. The van der Waals surface area contributed by atoms with Crippen LogP contribution in [0.4, 0.5) is 0 Å². The van der Waals surface area contributed by atoms with Crippen molar-refractivity contribution in [2.24, 2.45) is 0 Å². The summed E-state index contributed by atoms with van der Waals surface area (Å²) in [7, 11) is 0. The predicted molar refractivity (Wildman–Crippen MR) is 251 cm³/mol. The summed E-state index contributed by atoms with van der Waals surface area (Å²) < 4.78 is 6.96. The minimum atomic E-state index is -0.316. The van der Waals surface area contributed by atoms with Gasteiger partial charge in [0, 0.05) is 44.0 Å². The zero-order valence-electron chi connectivity index (χ0n) is 33.8. The Morgan fingerprint density at radius 3 is 1.19 bits per heavy atom. The van der Waals surface area contributed by atoms with Crippen LogP contribution >= 0.6 is 0 Å². The first-order valence-electron chi connectivity index (χ1n) is 20.9. The Kier molecular flexibility index (Phi) is 7.39. The summed E-state index contributed by atoms with van der Waals surface area (Å²) >= 11 is 0. The van der Waals surface area contributed by atoms with Gasteiger partial charge in [-0.25, -0.2) is 19.1 Å². The molecule has 6 aromatic heterocycles. The van der Waals surface area contributed by atoms with Crippen LogP contribution in [-0.2, 0) is 0 Å². The van der Waals surface area contributed by atoms with Crippen molar-refractivity contribution in [2.75, 3.05) is 0 Å². The maximum Gasteiger partial charge on any atom is 0.208 e. The molecule has 0 fully saturated rings. The molecule has 0 aliphatic heterocycles. The molecular weight excluding hydrogens is 797 g/mol. The van der Waals surface area contributed by atoms with E-state index in [-0.39, 0.29) is 57.4 Å². The number of hydrogen-bond acceptors (Lipinski definition) is 6. The van der Waals surface area contributed by atoms with E-state index < -0.39 is 0 Å². The van der Waals surface area contributed by atoms with E-state index in [1.165, 1.54) is 19.9 Å². The van der Waals surface area contributed by atoms with Crippen LogP contribution < -0.4 is 0 Å². The van der Waals surface area contributed by atoms with E-state index in [4.69, 9.17) is 9.97 Å². The first-order chi connectivity index (χ1) is 31.4. The topological polar surface area (TPSA) is 126 Å². The van der Waals surface area contributed by atoms with Gasteiger partial charge in [-0.3, -0.25) is 0 Å². The lowest BCUT2D eigenvalue weighted by Crippen LogP contribution is -1.99. The van der Waals surface area contributed by atoms with Gasteiger partial charge in [-0.15, -0.1) is 0 Å². The Morgan fingerprint density at radius 1 is 0.297 bits per heavy atom. The maximum atomic E-state index is 11.7. The van der Waals surface area contributed by atoms with Crippen LogP contribution in [0.5, 0.6) is 23.5 Å². The molecule has 0 saturated carbocycles. The third kappa shape index (κ3) is 4.90. The summed E-state index contributed by atoms with van der Waals surface area (Å²) in [4.78, 5) is 9.76. The van der Waals surface area contributed by atoms with E-state index in [1.54, 1.807) is 12.1 Å². The number of rotatable bonds is 6. The Labute approximate surface area is 364 Å². The zero-order valence-corrected chi connectivity index (χ0v) is 33.8. The number of aromatic nitrogens is 6. The first-order valence-corrected chi connectivity index (χ1v) is 20.9. The van der Waals surface area contributed by atoms with Crippen molar-refractivity contribution in [2.45, 2.75) is 0 Å². The quantitative estimate of drug-likeness (QED) is 0.132.